The van der Waals surface area contributed by atoms with E-state index in [1.165, 1.54) is 21.2 Å². The molecule has 0 spiro atoms. The number of rotatable bonds is 1. The van der Waals surface area contributed by atoms with Gasteiger partial charge in [0.15, 0.2) is 0 Å². The third-order valence-electron chi connectivity index (χ3n) is 0.668. The van der Waals surface area contributed by atoms with Gasteiger partial charge in [0, 0.05) is 22.6 Å². The number of halogens is 2. The van der Waals surface area contributed by atoms with Crippen LogP contribution in [0.3, 0.4) is 0 Å². The number of hydrogen-bond acceptors (Lipinski definition) is 4. The third-order valence-corrected chi connectivity index (χ3v) is 3.00. The Balaban J connectivity index is 3.21. The van der Waals surface area contributed by atoms with Crippen molar-refractivity contribution in [1.82, 2.24) is 14.2 Å². The fourth-order valence-electron chi connectivity index (χ4n) is 0.335. The highest BCUT2D eigenvalue weighted by molar-refractivity contribution is 14.2. The summed E-state index contributed by atoms with van der Waals surface area (Å²) < 4.78 is 22.6. The molecule has 8 heteroatoms. The number of aromatic nitrogens is 3. The minimum Gasteiger partial charge on any atom is -0.209 e. The molecule has 0 aliphatic carbocycles. The minimum atomic E-state index is -3.27. The first kappa shape index (κ1) is 8.64. The average Bonchev–Trinajstić information content (AvgIpc) is 2.11. The molecule has 0 N–H and O–H groups in total. The lowest BCUT2D eigenvalue weighted by atomic mass is 11.3. The normalized spacial score (nSPS) is 11.8. The Morgan fingerprint density at radius 1 is 1.60 bits per heavy atom. The van der Waals surface area contributed by atoms with Gasteiger partial charge in [-0.15, -0.1) is 9.19 Å². The zero-order chi connectivity index (χ0) is 7.78. The monoisotopic (exact) mass is 385 g/mol. The van der Waals surface area contributed by atoms with Crippen molar-refractivity contribution in [3.63, 3.8) is 0 Å². The fourth-order valence-corrected chi connectivity index (χ4v) is 1.74. The highest BCUT2D eigenvalue weighted by Gasteiger charge is 2.08. The van der Waals surface area contributed by atoms with Crippen molar-refractivity contribution in [2.75, 3.05) is 0 Å². The van der Waals surface area contributed by atoms with Gasteiger partial charge in [-0.2, -0.15) is 8.42 Å². The van der Waals surface area contributed by atoms with Crippen molar-refractivity contribution in [2.24, 2.45) is 0 Å². The summed E-state index contributed by atoms with van der Waals surface area (Å²) in [5.74, 6) is 0. The Morgan fingerprint density at radius 2 is 2.20 bits per heavy atom. The third kappa shape index (κ3) is 2.02. The Bertz CT molecular complexity index is 330. The molecule has 0 saturated heterocycles. The molecule has 0 atom stereocenters. The van der Waals surface area contributed by atoms with Gasteiger partial charge in [0.2, 0.25) is 3.83 Å². The Hall–Kier alpha value is 0.550. The van der Waals surface area contributed by atoms with Crippen LogP contribution < -0.4 is 0 Å². The molecule has 0 saturated carbocycles. The average molecular weight is 385 g/mol. The summed E-state index contributed by atoms with van der Waals surface area (Å²) in [6.45, 7) is 0. The molecule has 0 aliphatic heterocycles. The van der Waals surface area contributed by atoms with Crippen LogP contribution in [0.1, 0.15) is 0 Å². The molecular weight excluding hydrogens is 384 g/mol. The van der Waals surface area contributed by atoms with Crippen molar-refractivity contribution in [3.8, 4) is 0 Å². The molecule has 0 bridgehead atoms. The second kappa shape index (κ2) is 2.89. The number of hydrogen-bond donors (Lipinski definition) is 0. The smallest absolute Gasteiger partial charge is 0.209 e. The van der Waals surface area contributed by atoms with E-state index in [-0.39, 0.29) is 0 Å². The van der Waals surface area contributed by atoms with Gasteiger partial charge >= 0.3 is 7.19 Å². The van der Waals surface area contributed by atoms with Crippen LogP contribution in [0.2, 0.25) is 0 Å². The summed E-state index contributed by atoms with van der Waals surface area (Å²) >= 11 is 3.11. The highest BCUT2D eigenvalue weighted by Crippen LogP contribution is 2.04. The van der Waals surface area contributed by atoms with Crippen LogP contribution in [0.15, 0.2) is 6.33 Å². The summed E-state index contributed by atoms with van der Waals surface area (Å²) in [7, 11) is -3.27. The predicted octanol–water partition coefficient (Wildman–Crippen LogP) is 0.411. The van der Waals surface area contributed by atoms with Gasteiger partial charge < -0.3 is 0 Å². The second-order valence-electron chi connectivity index (χ2n) is 1.33. The highest BCUT2D eigenvalue weighted by atomic mass is 127. The summed E-state index contributed by atoms with van der Waals surface area (Å²) in [5.41, 5.74) is 0. The summed E-state index contributed by atoms with van der Waals surface area (Å²) in [5, 5.41) is 3.58. The van der Waals surface area contributed by atoms with Crippen molar-refractivity contribution in [2.45, 2.75) is 0 Å². The Morgan fingerprint density at radius 3 is 2.40 bits per heavy atom. The molecule has 1 aromatic rings. The van der Waals surface area contributed by atoms with E-state index in [4.69, 9.17) is 0 Å². The molecule has 0 fully saturated rings. The quantitative estimate of drug-likeness (QED) is 0.519. The zero-order valence-corrected chi connectivity index (χ0v) is 9.53. The van der Waals surface area contributed by atoms with Gasteiger partial charge in [0.05, 0.1) is 21.2 Å². The van der Waals surface area contributed by atoms with Gasteiger partial charge in [0.1, 0.15) is 6.33 Å². The van der Waals surface area contributed by atoms with E-state index in [0.29, 0.717) is 3.83 Å². The maximum Gasteiger partial charge on any atom is 0.308 e. The molecular formula is C2HI2N3O2S. The van der Waals surface area contributed by atoms with E-state index in [9.17, 15) is 8.42 Å². The van der Waals surface area contributed by atoms with Crippen molar-refractivity contribution in [3.05, 3.63) is 10.2 Å². The maximum atomic E-state index is 10.7. The second-order valence-corrected chi connectivity index (χ2v) is 6.83. The van der Waals surface area contributed by atoms with E-state index in [1.807, 2.05) is 22.6 Å². The topological polar surface area (TPSA) is 64.8 Å². The standard InChI is InChI=1S/C2HI2N3O2S/c3-2-5-1-7(6-2)10(4,8)9/h1H. The Labute approximate surface area is 83.0 Å². The van der Waals surface area contributed by atoms with E-state index in [2.05, 4.69) is 10.1 Å². The van der Waals surface area contributed by atoms with Crippen LogP contribution in [0.4, 0.5) is 0 Å². The first-order valence-electron chi connectivity index (χ1n) is 2.02. The molecule has 0 unspecified atom stereocenters. The maximum absolute atomic E-state index is 10.7. The lowest BCUT2D eigenvalue weighted by Gasteiger charge is -1.88. The summed E-state index contributed by atoms with van der Waals surface area (Å²) in [6, 6.07) is 0. The predicted molar refractivity (Wildman–Crippen MR) is 51.1 cm³/mol. The molecule has 1 heterocycles. The van der Waals surface area contributed by atoms with Gasteiger partial charge in [-0.1, -0.05) is 0 Å². The van der Waals surface area contributed by atoms with Crippen LogP contribution >= 0.6 is 43.8 Å². The molecule has 0 radical (unpaired) electrons. The van der Waals surface area contributed by atoms with Crippen molar-refractivity contribution < 1.29 is 8.42 Å². The molecule has 0 aromatic carbocycles. The summed E-state index contributed by atoms with van der Waals surface area (Å²) in [6.07, 6.45) is 1.16. The molecule has 0 aliphatic rings. The molecule has 10 heavy (non-hydrogen) atoms. The SMILES string of the molecule is O=S(=O)(I)n1cnc(I)n1. The van der Waals surface area contributed by atoms with Gasteiger partial charge in [0.25, 0.3) is 0 Å². The minimum absolute atomic E-state index is 0.415. The van der Waals surface area contributed by atoms with E-state index < -0.39 is 7.19 Å². The largest absolute Gasteiger partial charge is 0.308 e. The number of nitrogens with zero attached hydrogens (tertiary/aromatic N) is 3. The molecule has 0 amide bonds. The van der Waals surface area contributed by atoms with Crippen LogP contribution in [-0.2, 0) is 7.19 Å². The van der Waals surface area contributed by atoms with Gasteiger partial charge in [-0.25, -0.2) is 4.98 Å². The van der Waals surface area contributed by atoms with Gasteiger partial charge in [-0.05, 0) is 0 Å². The van der Waals surface area contributed by atoms with Crippen molar-refractivity contribution in [1.29, 1.82) is 0 Å². The van der Waals surface area contributed by atoms with E-state index in [0.717, 1.165) is 10.4 Å². The Kier molecular flexibility index (Phi) is 2.50. The fraction of sp³-hybridized carbons (Fsp3) is 0. The molecule has 5 nitrogen and oxygen atoms in total. The first-order valence-corrected chi connectivity index (χ1v) is 7.08. The van der Waals surface area contributed by atoms with Crippen molar-refractivity contribution >= 4 is 51.0 Å². The van der Waals surface area contributed by atoms with E-state index >= 15 is 0 Å². The zero-order valence-electron chi connectivity index (χ0n) is 4.40. The van der Waals surface area contributed by atoms with Crippen LogP contribution in [0.5, 0.6) is 0 Å². The van der Waals surface area contributed by atoms with Crippen LogP contribution in [0, 0.1) is 3.83 Å². The lowest BCUT2D eigenvalue weighted by Crippen LogP contribution is -2.04. The molecule has 1 aromatic heterocycles. The van der Waals surface area contributed by atoms with Crippen LogP contribution in [-0.4, -0.2) is 22.6 Å². The van der Waals surface area contributed by atoms with Gasteiger partial charge in [-0.3, -0.25) is 0 Å². The summed E-state index contributed by atoms with van der Waals surface area (Å²) in [4.78, 5) is 3.64. The molecule has 56 valence electrons. The molecule has 1 rings (SSSR count). The first-order chi connectivity index (χ1) is 4.50. The lowest BCUT2D eigenvalue weighted by molar-refractivity contribution is 0.598. The van der Waals surface area contributed by atoms with Crippen LogP contribution in [0.25, 0.3) is 0 Å². The van der Waals surface area contributed by atoms with E-state index in [1.54, 1.807) is 0 Å².